The molecule has 0 radical (unpaired) electrons. The minimum atomic E-state index is 0.708. The van der Waals surface area contributed by atoms with E-state index in [0.29, 0.717) is 5.92 Å². The maximum Gasteiger partial charge on any atom is 0.125 e. The highest BCUT2D eigenvalue weighted by atomic mass is 16.5. The Morgan fingerprint density at radius 3 is 2.50 bits per heavy atom. The summed E-state index contributed by atoms with van der Waals surface area (Å²) in [7, 11) is 1.71. The number of aromatic nitrogens is 1. The van der Waals surface area contributed by atoms with Gasteiger partial charge in [-0.2, -0.15) is 0 Å². The van der Waals surface area contributed by atoms with Gasteiger partial charge in [-0.15, -0.1) is 0 Å². The maximum absolute atomic E-state index is 5.22. The molecule has 0 aromatic carbocycles. The van der Waals surface area contributed by atoms with Crippen LogP contribution in [0, 0.1) is 6.92 Å². The van der Waals surface area contributed by atoms with Crippen molar-refractivity contribution in [2.24, 2.45) is 0 Å². The van der Waals surface area contributed by atoms with E-state index in [9.17, 15) is 0 Å². The molecule has 14 heavy (non-hydrogen) atoms. The molecule has 0 spiro atoms. The van der Waals surface area contributed by atoms with Gasteiger partial charge in [0.2, 0.25) is 0 Å². The lowest BCUT2D eigenvalue weighted by Crippen LogP contribution is -1.92. The summed E-state index contributed by atoms with van der Waals surface area (Å²) < 4.78 is 5.22. The van der Waals surface area contributed by atoms with E-state index in [-0.39, 0.29) is 0 Å². The van der Waals surface area contributed by atoms with Crippen LogP contribution in [-0.4, -0.2) is 12.1 Å². The van der Waals surface area contributed by atoms with Gasteiger partial charge in [0.1, 0.15) is 5.75 Å². The van der Waals surface area contributed by atoms with Gasteiger partial charge in [-0.3, -0.25) is 4.98 Å². The van der Waals surface area contributed by atoms with Gasteiger partial charge in [-0.05, 0) is 19.8 Å². The van der Waals surface area contributed by atoms with E-state index in [1.807, 2.05) is 27.0 Å². The minimum absolute atomic E-state index is 0.708. The Bertz CT molecular complexity index is 292. The zero-order valence-corrected chi connectivity index (χ0v) is 9.50. The molecule has 0 aliphatic heterocycles. The molecule has 2 nitrogen and oxygen atoms in total. The fourth-order valence-corrected chi connectivity index (χ4v) is 1.34. The smallest absolute Gasteiger partial charge is 0.125 e. The summed E-state index contributed by atoms with van der Waals surface area (Å²) in [6.07, 6.45) is 4.48. The number of methoxy groups -OCH3 is 1. The first-order valence-corrected chi connectivity index (χ1v) is 5.32. The highest BCUT2D eigenvalue weighted by Gasteiger charge is 2.25. The Kier molecular flexibility index (Phi) is 3.93. The minimum Gasteiger partial charge on any atom is -0.496 e. The summed E-state index contributed by atoms with van der Waals surface area (Å²) in [5, 5.41) is 0. The van der Waals surface area contributed by atoms with Crippen molar-refractivity contribution in [1.82, 2.24) is 4.98 Å². The molecule has 1 aliphatic rings. The second kappa shape index (κ2) is 4.99. The van der Waals surface area contributed by atoms with Crippen LogP contribution in [-0.2, 0) is 0 Å². The van der Waals surface area contributed by atoms with Crippen molar-refractivity contribution >= 4 is 0 Å². The molecule has 0 saturated heterocycles. The molecule has 0 N–H and O–H groups in total. The third-order valence-electron chi connectivity index (χ3n) is 2.29. The van der Waals surface area contributed by atoms with Gasteiger partial charge in [0.05, 0.1) is 7.11 Å². The van der Waals surface area contributed by atoms with Crippen LogP contribution in [0.3, 0.4) is 0 Å². The first-order chi connectivity index (χ1) is 6.81. The molecule has 1 heterocycles. The van der Waals surface area contributed by atoms with Crippen LogP contribution >= 0.6 is 0 Å². The molecule has 2 heteroatoms. The monoisotopic (exact) mass is 193 g/mol. The van der Waals surface area contributed by atoms with Crippen molar-refractivity contribution in [2.75, 3.05) is 7.11 Å². The fraction of sp³-hybridized carbons (Fsp3) is 0.583. The van der Waals surface area contributed by atoms with Crippen molar-refractivity contribution in [3.63, 3.8) is 0 Å². The lowest BCUT2D eigenvalue weighted by atomic mass is 10.2. The van der Waals surface area contributed by atoms with Crippen molar-refractivity contribution in [2.45, 2.75) is 39.5 Å². The topological polar surface area (TPSA) is 22.1 Å². The Balaban J connectivity index is 0.000000461. The van der Waals surface area contributed by atoms with E-state index in [4.69, 9.17) is 4.74 Å². The van der Waals surface area contributed by atoms with Crippen LogP contribution in [0.5, 0.6) is 5.75 Å². The molecule has 1 aromatic heterocycles. The van der Waals surface area contributed by atoms with Crippen LogP contribution in [0.1, 0.15) is 43.9 Å². The van der Waals surface area contributed by atoms with Gasteiger partial charge in [0.15, 0.2) is 0 Å². The number of hydrogen-bond donors (Lipinski definition) is 0. The van der Waals surface area contributed by atoms with Gasteiger partial charge in [-0.25, -0.2) is 0 Å². The molecule has 2 rings (SSSR count). The Hall–Kier alpha value is -1.05. The van der Waals surface area contributed by atoms with E-state index >= 15 is 0 Å². The SMILES string of the molecule is CC.COc1cc(C2CC2)ncc1C. The van der Waals surface area contributed by atoms with Crippen LogP contribution in [0.15, 0.2) is 12.3 Å². The molecule has 1 aromatic rings. The number of nitrogens with zero attached hydrogens (tertiary/aromatic N) is 1. The first-order valence-electron chi connectivity index (χ1n) is 5.32. The molecular formula is C12H19NO. The van der Waals surface area contributed by atoms with Crippen LogP contribution in [0.4, 0.5) is 0 Å². The molecule has 0 amide bonds. The van der Waals surface area contributed by atoms with Crippen molar-refractivity contribution in [1.29, 1.82) is 0 Å². The van der Waals surface area contributed by atoms with Gasteiger partial charge < -0.3 is 4.74 Å². The van der Waals surface area contributed by atoms with Crippen molar-refractivity contribution < 1.29 is 4.74 Å². The zero-order chi connectivity index (χ0) is 10.6. The molecular weight excluding hydrogens is 174 g/mol. The number of pyridine rings is 1. The average molecular weight is 193 g/mol. The largest absolute Gasteiger partial charge is 0.496 e. The summed E-state index contributed by atoms with van der Waals surface area (Å²) in [6, 6.07) is 2.06. The third kappa shape index (κ3) is 2.47. The lowest BCUT2D eigenvalue weighted by molar-refractivity contribution is 0.410. The Morgan fingerprint density at radius 1 is 1.36 bits per heavy atom. The second-order valence-corrected chi connectivity index (χ2v) is 3.35. The molecule has 1 fully saturated rings. The maximum atomic E-state index is 5.22. The van der Waals surface area contributed by atoms with Gasteiger partial charge in [-0.1, -0.05) is 13.8 Å². The lowest BCUT2D eigenvalue weighted by Gasteiger charge is -2.05. The van der Waals surface area contributed by atoms with Crippen LogP contribution in [0.2, 0.25) is 0 Å². The van der Waals surface area contributed by atoms with Crippen LogP contribution in [0.25, 0.3) is 0 Å². The molecule has 1 saturated carbocycles. The zero-order valence-electron chi connectivity index (χ0n) is 9.50. The highest BCUT2D eigenvalue weighted by Crippen LogP contribution is 2.40. The van der Waals surface area contributed by atoms with Crippen molar-refractivity contribution in [3.8, 4) is 5.75 Å². The van der Waals surface area contributed by atoms with Crippen molar-refractivity contribution in [3.05, 3.63) is 23.5 Å². The number of ether oxygens (including phenoxy) is 1. The molecule has 1 aliphatic carbocycles. The second-order valence-electron chi connectivity index (χ2n) is 3.35. The molecule has 0 atom stereocenters. The number of hydrogen-bond acceptors (Lipinski definition) is 2. The quantitative estimate of drug-likeness (QED) is 0.719. The predicted octanol–water partition coefficient (Wildman–Crippen LogP) is 3.30. The van der Waals surface area contributed by atoms with E-state index < -0.39 is 0 Å². The number of aryl methyl sites for hydroxylation is 1. The summed E-state index contributed by atoms with van der Waals surface area (Å²) in [4.78, 5) is 4.37. The molecule has 0 bridgehead atoms. The summed E-state index contributed by atoms with van der Waals surface area (Å²) in [6.45, 7) is 6.02. The van der Waals surface area contributed by atoms with Gasteiger partial charge in [0, 0.05) is 29.4 Å². The first kappa shape index (κ1) is 11.0. The van der Waals surface area contributed by atoms with Crippen LogP contribution < -0.4 is 4.74 Å². The third-order valence-corrected chi connectivity index (χ3v) is 2.29. The number of rotatable bonds is 2. The summed E-state index contributed by atoms with van der Waals surface area (Å²) in [5.41, 5.74) is 2.30. The Morgan fingerprint density at radius 2 is 2.00 bits per heavy atom. The predicted molar refractivity (Wildman–Crippen MR) is 58.8 cm³/mol. The molecule has 0 unspecified atom stereocenters. The van der Waals surface area contributed by atoms with E-state index in [1.54, 1.807) is 7.11 Å². The van der Waals surface area contributed by atoms with E-state index in [2.05, 4.69) is 11.1 Å². The van der Waals surface area contributed by atoms with E-state index in [1.165, 1.54) is 18.5 Å². The standard InChI is InChI=1S/C10H13NO.C2H6/c1-7-6-11-9(8-3-4-8)5-10(7)12-2;1-2/h5-6,8H,3-4H2,1-2H3;1-2H3. The van der Waals surface area contributed by atoms with Gasteiger partial charge in [0.25, 0.3) is 0 Å². The highest BCUT2D eigenvalue weighted by molar-refractivity contribution is 5.34. The van der Waals surface area contributed by atoms with E-state index in [0.717, 1.165) is 11.3 Å². The van der Waals surface area contributed by atoms with Gasteiger partial charge >= 0.3 is 0 Å². The summed E-state index contributed by atoms with van der Waals surface area (Å²) in [5.74, 6) is 1.67. The fourth-order valence-electron chi connectivity index (χ4n) is 1.34. The average Bonchev–Trinajstić information content (AvgIpc) is 3.05. The molecule has 78 valence electrons. The Labute approximate surface area is 86.3 Å². The normalized spacial score (nSPS) is 14.3. The summed E-state index contributed by atoms with van der Waals surface area (Å²) >= 11 is 0.